The molecular formula is C15H9FN4O. The number of rotatable bonds is 2. The molecule has 2 aromatic rings. The quantitative estimate of drug-likeness (QED) is 0.885. The molecule has 2 amide bonds. The van der Waals surface area contributed by atoms with Crippen molar-refractivity contribution in [1.29, 1.82) is 10.5 Å². The minimum Gasteiger partial charge on any atom is -0.308 e. The number of nitriles is 2. The van der Waals surface area contributed by atoms with Gasteiger partial charge in [0.15, 0.2) is 0 Å². The maximum Gasteiger partial charge on any atom is 0.323 e. The highest BCUT2D eigenvalue weighted by molar-refractivity contribution is 6.00. The monoisotopic (exact) mass is 280 g/mol. The smallest absolute Gasteiger partial charge is 0.308 e. The topological polar surface area (TPSA) is 88.7 Å². The number of urea groups is 1. The third kappa shape index (κ3) is 3.55. The Morgan fingerprint density at radius 1 is 1.00 bits per heavy atom. The lowest BCUT2D eigenvalue weighted by Crippen LogP contribution is -2.20. The Morgan fingerprint density at radius 3 is 2.33 bits per heavy atom. The van der Waals surface area contributed by atoms with Gasteiger partial charge < -0.3 is 10.6 Å². The summed E-state index contributed by atoms with van der Waals surface area (Å²) in [6, 6.07) is 13.0. The first kappa shape index (κ1) is 14.0. The molecule has 0 aliphatic carbocycles. The third-order valence-corrected chi connectivity index (χ3v) is 2.62. The van der Waals surface area contributed by atoms with E-state index in [1.54, 1.807) is 30.3 Å². The van der Waals surface area contributed by atoms with Crippen LogP contribution in [0.2, 0.25) is 0 Å². The van der Waals surface area contributed by atoms with Crippen LogP contribution in [-0.4, -0.2) is 6.03 Å². The van der Waals surface area contributed by atoms with Crippen LogP contribution >= 0.6 is 0 Å². The average molecular weight is 280 g/mol. The molecule has 0 saturated carbocycles. The van der Waals surface area contributed by atoms with Crippen LogP contribution in [0.25, 0.3) is 0 Å². The van der Waals surface area contributed by atoms with Crippen molar-refractivity contribution in [2.24, 2.45) is 0 Å². The second-order valence-electron chi connectivity index (χ2n) is 4.07. The van der Waals surface area contributed by atoms with E-state index in [0.29, 0.717) is 11.3 Å². The maximum absolute atomic E-state index is 13.0. The molecular weight excluding hydrogens is 271 g/mol. The van der Waals surface area contributed by atoms with Crippen LogP contribution < -0.4 is 10.6 Å². The van der Waals surface area contributed by atoms with Gasteiger partial charge in [-0.3, -0.25) is 0 Å². The van der Waals surface area contributed by atoms with Crippen LogP contribution in [0.3, 0.4) is 0 Å². The summed E-state index contributed by atoms with van der Waals surface area (Å²) < 4.78 is 13.0. The Kier molecular flexibility index (Phi) is 4.13. The molecule has 0 spiro atoms. The van der Waals surface area contributed by atoms with E-state index in [0.717, 1.165) is 12.1 Å². The average Bonchev–Trinajstić information content (AvgIpc) is 2.49. The summed E-state index contributed by atoms with van der Waals surface area (Å²) in [5.74, 6) is -0.551. The van der Waals surface area contributed by atoms with Gasteiger partial charge in [-0.05, 0) is 42.5 Å². The van der Waals surface area contributed by atoms with Gasteiger partial charge in [-0.25, -0.2) is 9.18 Å². The van der Waals surface area contributed by atoms with Gasteiger partial charge in [0.1, 0.15) is 11.9 Å². The summed E-state index contributed by atoms with van der Waals surface area (Å²) >= 11 is 0. The molecule has 0 unspecified atom stereocenters. The molecule has 0 bridgehead atoms. The minimum atomic E-state index is -0.567. The highest BCUT2D eigenvalue weighted by Crippen LogP contribution is 2.16. The molecule has 5 nitrogen and oxygen atoms in total. The van der Waals surface area contributed by atoms with E-state index < -0.39 is 11.8 Å². The van der Waals surface area contributed by atoms with E-state index in [2.05, 4.69) is 10.6 Å². The molecule has 0 aliphatic heterocycles. The predicted octanol–water partition coefficient (Wildman–Crippen LogP) is 3.21. The Balaban J connectivity index is 2.08. The molecule has 0 aliphatic rings. The van der Waals surface area contributed by atoms with Crippen LogP contribution in [-0.2, 0) is 0 Å². The van der Waals surface area contributed by atoms with Gasteiger partial charge in [0.05, 0.1) is 22.9 Å². The predicted molar refractivity (Wildman–Crippen MR) is 74.9 cm³/mol. The zero-order chi connectivity index (χ0) is 15.2. The number of carbonyl (C=O) groups excluding carboxylic acids is 1. The lowest BCUT2D eigenvalue weighted by molar-refractivity contribution is 0.262. The summed E-state index contributed by atoms with van der Waals surface area (Å²) in [6.45, 7) is 0. The third-order valence-electron chi connectivity index (χ3n) is 2.62. The first-order valence-corrected chi connectivity index (χ1v) is 5.90. The Hall–Kier alpha value is -3.38. The van der Waals surface area contributed by atoms with E-state index in [-0.39, 0.29) is 11.3 Å². The zero-order valence-corrected chi connectivity index (χ0v) is 10.7. The van der Waals surface area contributed by atoms with Crippen molar-refractivity contribution >= 4 is 17.4 Å². The van der Waals surface area contributed by atoms with Crippen LogP contribution in [0.4, 0.5) is 20.6 Å². The van der Waals surface area contributed by atoms with Crippen molar-refractivity contribution in [3.05, 3.63) is 59.4 Å². The molecule has 0 saturated heterocycles. The molecule has 6 heteroatoms. The first-order chi connectivity index (χ1) is 10.1. The molecule has 2 N–H and O–H groups in total. The number of hydrogen-bond acceptors (Lipinski definition) is 3. The van der Waals surface area contributed by atoms with Gasteiger partial charge in [-0.15, -0.1) is 0 Å². The summed E-state index contributed by atoms with van der Waals surface area (Å²) in [6.07, 6.45) is 0. The Labute approximate surface area is 120 Å². The number of hydrogen-bond donors (Lipinski definition) is 2. The number of anilines is 2. The number of benzene rings is 2. The lowest BCUT2D eigenvalue weighted by atomic mass is 10.2. The van der Waals surface area contributed by atoms with E-state index >= 15 is 0 Å². The highest BCUT2D eigenvalue weighted by atomic mass is 19.1. The Morgan fingerprint density at radius 2 is 1.71 bits per heavy atom. The van der Waals surface area contributed by atoms with Gasteiger partial charge in [0.2, 0.25) is 0 Å². The summed E-state index contributed by atoms with van der Waals surface area (Å²) in [4.78, 5) is 11.8. The fourth-order valence-electron chi connectivity index (χ4n) is 1.63. The van der Waals surface area contributed by atoms with Gasteiger partial charge in [-0.1, -0.05) is 0 Å². The number of halogens is 1. The first-order valence-electron chi connectivity index (χ1n) is 5.90. The molecule has 0 radical (unpaired) electrons. The maximum atomic E-state index is 13.0. The summed E-state index contributed by atoms with van der Waals surface area (Å²) in [7, 11) is 0. The van der Waals surface area contributed by atoms with Crippen molar-refractivity contribution in [2.45, 2.75) is 0 Å². The fourth-order valence-corrected chi connectivity index (χ4v) is 1.63. The molecule has 0 heterocycles. The molecule has 0 aromatic heterocycles. The molecule has 0 fully saturated rings. The number of amides is 2. The minimum absolute atomic E-state index is 0.0324. The van der Waals surface area contributed by atoms with E-state index in [1.807, 2.05) is 6.07 Å². The molecule has 102 valence electrons. The lowest BCUT2D eigenvalue weighted by Gasteiger charge is -2.09. The zero-order valence-electron chi connectivity index (χ0n) is 10.7. The van der Waals surface area contributed by atoms with Gasteiger partial charge in [0.25, 0.3) is 0 Å². The highest BCUT2D eigenvalue weighted by Gasteiger charge is 2.08. The second kappa shape index (κ2) is 6.18. The van der Waals surface area contributed by atoms with Crippen molar-refractivity contribution in [3.63, 3.8) is 0 Å². The normalized spacial score (nSPS) is 9.29. The molecule has 21 heavy (non-hydrogen) atoms. The van der Waals surface area contributed by atoms with Crippen LogP contribution in [0, 0.1) is 28.5 Å². The van der Waals surface area contributed by atoms with E-state index in [4.69, 9.17) is 10.5 Å². The summed E-state index contributed by atoms with van der Waals surface area (Å²) in [5, 5.41) is 22.6. The SMILES string of the molecule is N#Cc1ccc(NC(=O)Nc2ccc(F)cc2C#N)cc1. The molecule has 2 aromatic carbocycles. The Bertz CT molecular complexity index is 757. The van der Waals surface area contributed by atoms with Gasteiger partial charge in [-0.2, -0.15) is 10.5 Å². The number of carbonyl (C=O) groups is 1. The van der Waals surface area contributed by atoms with Crippen LogP contribution in [0.15, 0.2) is 42.5 Å². The van der Waals surface area contributed by atoms with Gasteiger partial charge >= 0.3 is 6.03 Å². The van der Waals surface area contributed by atoms with E-state index in [1.165, 1.54) is 6.07 Å². The number of nitrogens with zero attached hydrogens (tertiary/aromatic N) is 2. The van der Waals surface area contributed by atoms with Crippen molar-refractivity contribution < 1.29 is 9.18 Å². The van der Waals surface area contributed by atoms with Crippen molar-refractivity contribution in [3.8, 4) is 12.1 Å². The fraction of sp³-hybridized carbons (Fsp3) is 0. The van der Waals surface area contributed by atoms with Gasteiger partial charge in [0, 0.05) is 5.69 Å². The molecule has 2 rings (SSSR count). The number of nitrogens with one attached hydrogen (secondary N) is 2. The standard InChI is InChI=1S/C15H9FN4O/c16-12-3-6-14(11(7-12)9-18)20-15(21)19-13-4-1-10(8-17)2-5-13/h1-7H,(H2,19,20,21). The van der Waals surface area contributed by atoms with Crippen molar-refractivity contribution in [2.75, 3.05) is 10.6 Å². The largest absolute Gasteiger partial charge is 0.323 e. The van der Waals surface area contributed by atoms with Crippen LogP contribution in [0.5, 0.6) is 0 Å². The molecule has 0 atom stereocenters. The summed E-state index contributed by atoms with van der Waals surface area (Å²) in [5.41, 5.74) is 1.22. The van der Waals surface area contributed by atoms with Crippen LogP contribution in [0.1, 0.15) is 11.1 Å². The van der Waals surface area contributed by atoms with E-state index in [9.17, 15) is 9.18 Å². The van der Waals surface area contributed by atoms with Crippen molar-refractivity contribution in [1.82, 2.24) is 0 Å². The second-order valence-corrected chi connectivity index (χ2v) is 4.07.